The summed E-state index contributed by atoms with van der Waals surface area (Å²) in [4.78, 5) is 15.7. The Morgan fingerprint density at radius 2 is 0.900 bits per heavy atom. The molecule has 12 aromatic rings. The van der Waals surface area contributed by atoms with Gasteiger partial charge >= 0.3 is 0 Å². The van der Waals surface area contributed by atoms with Gasteiger partial charge in [-0.3, -0.25) is 4.57 Å². The third-order valence-electron chi connectivity index (χ3n) is 11.6. The van der Waals surface area contributed by atoms with Crippen molar-refractivity contribution in [3.05, 3.63) is 206 Å². The summed E-state index contributed by atoms with van der Waals surface area (Å²) < 4.78 is 4.71. The van der Waals surface area contributed by atoms with Crippen LogP contribution in [0.4, 0.5) is 0 Å². The molecule has 0 unspecified atom stereocenters. The van der Waals surface area contributed by atoms with Gasteiger partial charge in [-0.05, 0) is 80.6 Å². The van der Waals surface area contributed by atoms with E-state index in [1.165, 1.54) is 58.8 Å². The molecular formula is C55H34N4S. The van der Waals surface area contributed by atoms with Crippen LogP contribution in [0.2, 0.25) is 0 Å². The van der Waals surface area contributed by atoms with Crippen LogP contribution in [0.1, 0.15) is 0 Å². The number of aromatic nitrogens is 4. The molecule has 9 aromatic carbocycles. The van der Waals surface area contributed by atoms with Gasteiger partial charge in [-0.2, -0.15) is 9.97 Å². The maximum atomic E-state index is 5.33. The summed E-state index contributed by atoms with van der Waals surface area (Å²) in [6, 6.07) is 73.4. The maximum Gasteiger partial charge on any atom is 0.238 e. The zero-order valence-corrected chi connectivity index (χ0v) is 33.1. The SMILES string of the molecule is c1ccc(-c2ccc3sc4c(c(-c5ccc6ccccc6c5)cc5c6cc(-c7ccccc7)ccc6n(-c6nc(-c7ccccc7)nc(-c7ccccc7)n6)c54)c3c2)cc1. The molecule has 3 heterocycles. The second-order valence-electron chi connectivity index (χ2n) is 15.2. The Morgan fingerprint density at radius 3 is 1.53 bits per heavy atom. The minimum absolute atomic E-state index is 0.581. The van der Waals surface area contributed by atoms with Gasteiger partial charge in [-0.1, -0.05) is 170 Å². The van der Waals surface area contributed by atoms with E-state index in [1.54, 1.807) is 0 Å². The fraction of sp³-hybridized carbons (Fsp3) is 0. The lowest BCUT2D eigenvalue weighted by Crippen LogP contribution is -2.06. The van der Waals surface area contributed by atoms with Crippen molar-refractivity contribution in [2.75, 3.05) is 0 Å². The molecule has 280 valence electrons. The monoisotopic (exact) mass is 782 g/mol. The molecule has 0 spiro atoms. The zero-order chi connectivity index (χ0) is 39.6. The molecule has 0 aliphatic heterocycles. The molecule has 5 heteroatoms. The number of thiophene rings is 1. The van der Waals surface area contributed by atoms with E-state index in [0.29, 0.717) is 17.6 Å². The summed E-state index contributed by atoms with van der Waals surface area (Å²) in [6.45, 7) is 0. The highest BCUT2D eigenvalue weighted by molar-refractivity contribution is 7.26. The second-order valence-corrected chi connectivity index (χ2v) is 16.3. The topological polar surface area (TPSA) is 43.6 Å². The van der Waals surface area contributed by atoms with E-state index in [9.17, 15) is 0 Å². The van der Waals surface area contributed by atoms with E-state index in [0.717, 1.165) is 38.5 Å². The van der Waals surface area contributed by atoms with Crippen LogP contribution in [0.5, 0.6) is 0 Å². The first kappa shape index (κ1) is 34.3. The lowest BCUT2D eigenvalue weighted by molar-refractivity contribution is 0.955. The van der Waals surface area contributed by atoms with E-state index >= 15 is 0 Å². The van der Waals surface area contributed by atoms with Crippen LogP contribution >= 0.6 is 11.3 Å². The van der Waals surface area contributed by atoms with Gasteiger partial charge < -0.3 is 0 Å². The van der Waals surface area contributed by atoms with Crippen molar-refractivity contribution in [3.63, 3.8) is 0 Å². The van der Waals surface area contributed by atoms with Gasteiger partial charge in [0.15, 0.2) is 11.6 Å². The van der Waals surface area contributed by atoms with Crippen LogP contribution in [-0.4, -0.2) is 19.5 Å². The number of nitrogens with zero attached hydrogens (tertiary/aromatic N) is 4. The molecule has 60 heavy (non-hydrogen) atoms. The second kappa shape index (κ2) is 14.0. The van der Waals surface area contributed by atoms with Gasteiger partial charge in [0, 0.05) is 37.4 Å². The van der Waals surface area contributed by atoms with Crippen LogP contribution in [0, 0.1) is 0 Å². The summed E-state index contributed by atoms with van der Waals surface area (Å²) in [6.07, 6.45) is 0. The highest BCUT2D eigenvalue weighted by Crippen LogP contribution is 2.49. The van der Waals surface area contributed by atoms with Crippen molar-refractivity contribution < 1.29 is 0 Å². The summed E-state index contributed by atoms with van der Waals surface area (Å²) in [7, 11) is 0. The van der Waals surface area contributed by atoms with Crippen LogP contribution in [0.3, 0.4) is 0 Å². The van der Waals surface area contributed by atoms with Gasteiger partial charge in [-0.25, -0.2) is 4.98 Å². The van der Waals surface area contributed by atoms with E-state index < -0.39 is 0 Å². The smallest absolute Gasteiger partial charge is 0.238 e. The van der Waals surface area contributed by atoms with Crippen LogP contribution in [0.25, 0.3) is 115 Å². The lowest BCUT2D eigenvalue weighted by atomic mass is 9.94. The molecule has 4 nitrogen and oxygen atoms in total. The molecule has 0 saturated carbocycles. The highest BCUT2D eigenvalue weighted by atomic mass is 32.1. The first-order valence-corrected chi connectivity index (χ1v) is 21.0. The molecule has 0 aliphatic rings. The quantitative estimate of drug-likeness (QED) is 0.169. The summed E-state index contributed by atoms with van der Waals surface area (Å²) in [5, 5.41) is 7.19. The number of hydrogen-bond acceptors (Lipinski definition) is 4. The van der Waals surface area contributed by atoms with Gasteiger partial charge in [-0.15, -0.1) is 11.3 Å². The first-order chi connectivity index (χ1) is 29.7. The molecule has 0 saturated heterocycles. The summed E-state index contributed by atoms with van der Waals surface area (Å²) in [5.74, 6) is 1.84. The van der Waals surface area contributed by atoms with Gasteiger partial charge in [0.25, 0.3) is 0 Å². The third-order valence-corrected chi connectivity index (χ3v) is 12.8. The molecule has 0 radical (unpaired) electrons. The van der Waals surface area contributed by atoms with Crippen molar-refractivity contribution in [1.82, 2.24) is 19.5 Å². The van der Waals surface area contributed by atoms with Crippen molar-refractivity contribution >= 4 is 64.1 Å². The highest BCUT2D eigenvalue weighted by Gasteiger charge is 2.24. The average molecular weight is 783 g/mol. The number of rotatable bonds is 6. The Labute approximate surface area is 350 Å². The predicted molar refractivity (Wildman–Crippen MR) is 252 cm³/mol. The molecule has 0 bridgehead atoms. The molecule has 12 rings (SSSR count). The van der Waals surface area contributed by atoms with E-state index in [-0.39, 0.29) is 0 Å². The Bertz CT molecular complexity index is 3520. The number of benzene rings is 9. The van der Waals surface area contributed by atoms with Crippen LogP contribution in [-0.2, 0) is 0 Å². The summed E-state index contributed by atoms with van der Waals surface area (Å²) in [5.41, 5.74) is 11.1. The normalized spacial score (nSPS) is 11.7. The largest absolute Gasteiger partial charge is 0.276 e. The molecule has 0 aliphatic carbocycles. The number of hydrogen-bond donors (Lipinski definition) is 0. The maximum absolute atomic E-state index is 5.33. The van der Waals surface area contributed by atoms with E-state index in [1.807, 2.05) is 47.7 Å². The van der Waals surface area contributed by atoms with Crippen molar-refractivity contribution in [2.24, 2.45) is 0 Å². The summed E-state index contributed by atoms with van der Waals surface area (Å²) >= 11 is 1.84. The minimum Gasteiger partial charge on any atom is -0.276 e. The standard InChI is InChI=1S/C55H34N4S/c1-5-15-35(16-6-1)41-27-29-48-45(32-41)46-34-44(43-26-25-37-19-13-14-24-40(37)31-43)50-47-33-42(36-17-7-2-8-18-36)28-30-49(47)60-52(50)51(46)59(48)55-57-53(38-20-9-3-10-21-38)56-54(58-55)39-22-11-4-12-23-39/h1-34H. The van der Waals surface area contributed by atoms with E-state index in [2.05, 4.69) is 174 Å². The zero-order valence-electron chi connectivity index (χ0n) is 32.3. The minimum atomic E-state index is 0.581. The lowest BCUT2D eigenvalue weighted by Gasteiger charge is -2.12. The van der Waals surface area contributed by atoms with Gasteiger partial charge in [0.05, 0.1) is 15.7 Å². The van der Waals surface area contributed by atoms with Crippen LogP contribution < -0.4 is 0 Å². The predicted octanol–water partition coefficient (Wildman–Crippen LogP) is 14.8. The molecule has 0 fully saturated rings. The molecular weight excluding hydrogens is 749 g/mol. The molecule has 0 N–H and O–H groups in total. The van der Waals surface area contributed by atoms with Crippen molar-refractivity contribution in [3.8, 4) is 62.1 Å². The van der Waals surface area contributed by atoms with Crippen molar-refractivity contribution in [2.45, 2.75) is 0 Å². The van der Waals surface area contributed by atoms with Crippen molar-refractivity contribution in [1.29, 1.82) is 0 Å². The first-order valence-electron chi connectivity index (χ1n) is 20.2. The van der Waals surface area contributed by atoms with Crippen LogP contribution in [0.15, 0.2) is 206 Å². The Morgan fingerprint density at radius 1 is 0.367 bits per heavy atom. The molecule has 0 amide bonds. The molecule has 3 aromatic heterocycles. The van der Waals surface area contributed by atoms with Gasteiger partial charge in [0.2, 0.25) is 5.95 Å². The Balaban J connectivity index is 1.24. The van der Waals surface area contributed by atoms with E-state index in [4.69, 9.17) is 15.0 Å². The average Bonchev–Trinajstić information content (AvgIpc) is 3.87. The third kappa shape index (κ3) is 5.70. The Kier molecular flexibility index (Phi) is 8.00. The fourth-order valence-corrected chi connectivity index (χ4v) is 9.99. The number of fused-ring (bicyclic) bond motifs is 8. The van der Waals surface area contributed by atoms with Gasteiger partial charge in [0.1, 0.15) is 0 Å². The fourth-order valence-electron chi connectivity index (χ4n) is 8.74. The Hall–Kier alpha value is -7.73. The molecule has 0 atom stereocenters.